The Bertz CT molecular complexity index is 755. The molecule has 1 heterocycles. The number of benzene rings is 1. The zero-order chi connectivity index (χ0) is 18.6. The van der Waals surface area contributed by atoms with Crippen LogP contribution in [0.4, 0.5) is 17.6 Å². The highest BCUT2D eigenvalue weighted by atomic mass is 79.9. The fourth-order valence-electron chi connectivity index (χ4n) is 1.63. The second-order valence-electron chi connectivity index (χ2n) is 4.51. The molecule has 0 fully saturated rings. The van der Waals surface area contributed by atoms with Crippen molar-refractivity contribution in [1.29, 1.82) is 0 Å². The molecule has 134 valence electrons. The van der Waals surface area contributed by atoms with Crippen LogP contribution in [0, 0.1) is 0 Å². The van der Waals surface area contributed by atoms with Gasteiger partial charge in [-0.2, -0.15) is 17.6 Å². The van der Waals surface area contributed by atoms with Gasteiger partial charge in [-0.3, -0.25) is 0 Å². The minimum Gasteiger partial charge on any atom is -0.489 e. The molecule has 0 aliphatic carbocycles. The highest BCUT2D eigenvalue weighted by Crippen LogP contribution is 2.39. The standard InChI is InChI=1S/C15H8BrCl2F4NO2/c16-12(19)3-4-24-9-5-10(17)14(11(18)6-9)25-13-2-1-8(7-23-13)15(20,21)22/h1-3,5-7H,4H2. The summed E-state index contributed by atoms with van der Waals surface area (Å²) in [5.74, 6) is 0.146. The molecule has 25 heavy (non-hydrogen) atoms. The second kappa shape index (κ2) is 8.25. The third-order valence-electron chi connectivity index (χ3n) is 2.73. The number of pyridine rings is 1. The molecule has 0 N–H and O–H groups in total. The lowest BCUT2D eigenvalue weighted by molar-refractivity contribution is -0.137. The van der Waals surface area contributed by atoms with Gasteiger partial charge in [-0.1, -0.05) is 23.2 Å². The van der Waals surface area contributed by atoms with E-state index >= 15 is 0 Å². The molecule has 0 saturated carbocycles. The Balaban J connectivity index is 2.16. The van der Waals surface area contributed by atoms with E-state index in [-0.39, 0.29) is 34.0 Å². The number of aromatic nitrogens is 1. The van der Waals surface area contributed by atoms with Gasteiger partial charge in [-0.25, -0.2) is 4.98 Å². The molecule has 0 saturated heterocycles. The van der Waals surface area contributed by atoms with Crippen molar-refractivity contribution in [2.24, 2.45) is 0 Å². The van der Waals surface area contributed by atoms with Crippen LogP contribution in [0.1, 0.15) is 5.56 Å². The average molecular weight is 461 g/mol. The first kappa shape index (κ1) is 19.8. The molecule has 0 spiro atoms. The summed E-state index contributed by atoms with van der Waals surface area (Å²) in [5, 5.41) is 0.0972. The third-order valence-corrected chi connectivity index (χ3v) is 3.61. The molecule has 0 bridgehead atoms. The monoisotopic (exact) mass is 459 g/mol. The maximum absolute atomic E-state index is 12.5. The van der Waals surface area contributed by atoms with Crippen LogP contribution in [-0.2, 0) is 6.18 Å². The highest BCUT2D eigenvalue weighted by Gasteiger charge is 2.30. The van der Waals surface area contributed by atoms with E-state index in [2.05, 4.69) is 20.9 Å². The van der Waals surface area contributed by atoms with Gasteiger partial charge in [0.2, 0.25) is 5.88 Å². The number of ether oxygens (including phenoxy) is 2. The molecule has 0 unspecified atom stereocenters. The van der Waals surface area contributed by atoms with E-state index < -0.39 is 16.5 Å². The van der Waals surface area contributed by atoms with Crippen molar-refractivity contribution >= 4 is 39.1 Å². The van der Waals surface area contributed by atoms with Crippen LogP contribution in [-0.4, -0.2) is 11.6 Å². The van der Waals surface area contributed by atoms with Crippen LogP contribution in [0.3, 0.4) is 0 Å². The lowest BCUT2D eigenvalue weighted by Crippen LogP contribution is -2.05. The first-order valence-electron chi connectivity index (χ1n) is 6.51. The Morgan fingerprint density at radius 3 is 2.32 bits per heavy atom. The van der Waals surface area contributed by atoms with E-state index in [1.54, 1.807) is 0 Å². The summed E-state index contributed by atoms with van der Waals surface area (Å²) in [7, 11) is 0. The predicted octanol–water partition coefficient (Wildman–Crippen LogP) is 6.78. The Kier molecular flexibility index (Phi) is 6.53. The molecule has 0 amide bonds. The molecule has 1 aromatic heterocycles. The lowest BCUT2D eigenvalue weighted by atomic mass is 10.3. The van der Waals surface area contributed by atoms with Gasteiger partial charge in [0.25, 0.3) is 0 Å². The van der Waals surface area contributed by atoms with E-state index in [1.807, 2.05) is 0 Å². The zero-order valence-corrected chi connectivity index (χ0v) is 15.2. The maximum atomic E-state index is 12.5. The van der Waals surface area contributed by atoms with Gasteiger partial charge in [-0.15, -0.1) is 0 Å². The van der Waals surface area contributed by atoms with Gasteiger partial charge in [-0.05, 0) is 28.1 Å². The minimum absolute atomic E-state index is 0.00477. The first-order chi connectivity index (χ1) is 11.7. The summed E-state index contributed by atoms with van der Waals surface area (Å²) in [6.07, 6.45) is -2.73. The number of hydrogen-bond donors (Lipinski definition) is 0. The highest BCUT2D eigenvalue weighted by molar-refractivity contribution is 9.11. The fraction of sp³-hybridized carbons (Fsp3) is 0.133. The van der Waals surface area contributed by atoms with Gasteiger partial charge in [0.05, 0.1) is 15.6 Å². The SMILES string of the molecule is FC(Br)=CCOc1cc(Cl)c(Oc2ccc(C(F)(F)F)cn2)c(Cl)c1. The summed E-state index contributed by atoms with van der Waals surface area (Å²) in [4.78, 5) is 3.57. The molecule has 2 rings (SSSR count). The number of nitrogens with zero attached hydrogens (tertiary/aromatic N) is 1. The number of halogens is 7. The summed E-state index contributed by atoms with van der Waals surface area (Å²) in [6.45, 7) is -0.0651. The van der Waals surface area contributed by atoms with Gasteiger partial charge < -0.3 is 9.47 Å². The van der Waals surface area contributed by atoms with Crippen molar-refractivity contribution in [2.75, 3.05) is 6.61 Å². The molecule has 0 aliphatic heterocycles. The van der Waals surface area contributed by atoms with E-state index in [9.17, 15) is 17.6 Å². The van der Waals surface area contributed by atoms with Gasteiger partial charge in [0.15, 0.2) is 10.5 Å². The molecular weight excluding hydrogens is 453 g/mol. The third kappa shape index (κ3) is 5.76. The van der Waals surface area contributed by atoms with Crippen LogP contribution in [0.2, 0.25) is 10.0 Å². The zero-order valence-electron chi connectivity index (χ0n) is 12.1. The number of rotatable bonds is 5. The molecular formula is C15H8BrCl2F4NO2. The largest absolute Gasteiger partial charge is 0.489 e. The van der Waals surface area contributed by atoms with Gasteiger partial charge in [0.1, 0.15) is 12.4 Å². The average Bonchev–Trinajstić information content (AvgIpc) is 2.50. The van der Waals surface area contributed by atoms with Crippen LogP contribution >= 0.6 is 39.1 Å². The van der Waals surface area contributed by atoms with Crippen molar-refractivity contribution in [2.45, 2.75) is 6.18 Å². The molecule has 1 aromatic carbocycles. The van der Waals surface area contributed by atoms with Crippen molar-refractivity contribution in [3.05, 3.63) is 56.9 Å². The Hall–Kier alpha value is -1.51. The van der Waals surface area contributed by atoms with E-state index in [4.69, 9.17) is 32.7 Å². The Labute approximate surface area is 158 Å². The topological polar surface area (TPSA) is 31.4 Å². The van der Waals surface area contributed by atoms with Crippen LogP contribution in [0.5, 0.6) is 17.4 Å². The first-order valence-corrected chi connectivity index (χ1v) is 8.06. The smallest absolute Gasteiger partial charge is 0.417 e. The van der Waals surface area contributed by atoms with E-state index in [1.165, 1.54) is 12.1 Å². The maximum Gasteiger partial charge on any atom is 0.417 e. The van der Waals surface area contributed by atoms with Gasteiger partial charge >= 0.3 is 6.18 Å². The second-order valence-corrected chi connectivity index (χ2v) is 6.08. The number of alkyl halides is 3. The van der Waals surface area contributed by atoms with E-state index in [0.29, 0.717) is 6.20 Å². The minimum atomic E-state index is -4.50. The van der Waals surface area contributed by atoms with Crippen molar-refractivity contribution in [3.8, 4) is 17.4 Å². The van der Waals surface area contributed by atoms with Crippen LogP contribution in [0.15, 0.2) is 41.3 Å². The Morgan fingerprint density at radius 2 is 1.84 bits per heavy atom. The van der Waals surface area contributed by atoms with Crippen LogP contribution in [0.25, 0.3) is 0 Å². The van der Waals surface area contributed by atoms with Crippen LogP contribution < -0.4 is 9.47 Å². The molecule has 3 nitrogen and oxygen atoms in total. The summed E-state index contributed by atoms with van der Waals surface area (Å²) < 4.78 is 60.0. The quantitative estimate of drug-likeness (QED) is 0.460. The number of hydrogen-bond acceptors (Lipinski definition) is 3. The summed E-state index contributed by atoms with van der Waals surface area (Å²) in [6, 6.07) is 4.60. The summed E-state index contributed by atoms with van der Waals surface area (Å²) >= 11 is 14.7. The Morgan fingerprint density at radius 1 is 1.20 bits per heavy atom. The van der Waals surface area contributed by atoms with Crippen molar-refractivity contribution in [3.63, 3.8) is 0 Å². The fourth-order valence-corrected chi connectivity index (χ4v) is 2.31. The molecule has 2 aromatic rings. The lowest BCUT2D eigenvalue weighted by Gasteiger charge is -2.12. The molecule has 0 aliphatic rings. The predicted molar refractivity (Wildman–Crippen MR) is 89.4 cm³/mol. The summed E-state index contributed by atoms with van der Waals surface area (Å²) in [5.41, 5.74) is -0.909. The van der Waals surface area contributed by atoms with E-state index in [0.717, 1.165) is 18.2 Å². The van der Waals surface area contributed by atoms with Crippen molar-refractivity contribution in [1.82, 2.24) is 4.98 Å². The normalized spacial score (nSPS) is 12.2. The molecule has 0 atom stereocenters. The molecule has 10 heteroatoms. The molecule has 0 radical (unpaired) electrons. The van der Waals surface area contributed by atoms with Crippen molar-refractivity contribution < 1.29 is 27.0 Å². The van der Waals surface area contributed by atoms with Gasteiger partial charge in [0, 0.05) is 24.4 Å².